The summed E-state index contributed by atoms with van der Waals surface area (Å²) in [4.78, 5) is 0. The molecule has 1 fully saturated rings. The van der Waals surface area contributed by atoms with E-state index in [0.717, 1.165) is 18.8 Å². The predicted octanol–water partition coefficient (Wildman–Crippen LogP) is 2.23. The summed E-state index contributed by atoms with van der Waals surface area (Å²) in [5.74, 6) is 0.649. The van der Waals surface area contributed by atoms with Gasteiger partial charge in [-0.15, -0.1) is 11.6 Å². The van der Waals surface area contributed by atoms with E-state index >= 15 is 0 Å². The van der Waals surface area contributed by atoms with Gasteiger partial charge in [0, 0.05) is 19.0 Å². The number of alkyl halides is 1. The van der Waals surface area contributed by atoms with Gasteiger partial charge in [-0.3, -0.25) is 4.68 Å². The van der Waals surface area contributed by atoms with Crippen LogP contribution >= 0.6 is 11.6 Å². The summed E-state index contributed by atoms with van der Waals surface area (Å²) in [5, 5.41) is 8.19. The highest BCUT2D eigenvalue weighted by molar-refractivity contribution is 6.20. The summed E-state index contributed by atoms with van der Waals surface area (Å²) in [6.07, 6.45) is 3.73. The molecule has 0 aliphatic heterocycles. The van der Waals surface area contributed by atoms with Crippen molar-refractivity contribution in [1.82, 2.24) is 15.1 Å². The van der Waals surface area contributed by atoms with Crippen LogP contribution in [-0.2, 0) is 13.6 Å². The molecule has 1 aliphatic rings. The summed E-state index contributed by atoms with van der Waals surface area (Å²) in [6, 6.07) is 2.12. The second-order valence-electron chi connectivity index (χ2n) is 4.74. The first-order chi connectivity index (χ1) is 7.66. The summed E-state index contributed by atoms with van der Waals surface area (Å²) in [5.41, 5.74) is 2.32. The molecule has 0 bridgehead atoms. The number of aryl methyl sites for hydroxylation is 2. The Morgan fingerprint density at radius 1 is 1.56 bits per heavy atom. The van der Waals surface area contributed by atoms with Crippen LogP contribution in [0.25, 0.3) is 0 Å². The minimum Gasteiger partial charge on any atom is -0.311 e. The third kappa shape index (κ3) is 2.77. The van der Waals surface area contributed by atoms with Crippen LogP contribution in [-0.4, -0.2) is 21.7 Å². The Kier molecular flexibility index (Phi) is 3.87. The van der Waals surface area contributed by atoms with Crippen LogP contribution in [0.5, 0.6) is 0 Å². The molecule has 3 nitrogen and oxygen atoms in total. The molecule has 90 valence electrons. The Morgan fingerprint density at radius 2 is 2.38 bits per heavy atom. The maximum atomic E-state index is 6.24. The van der Waals surface area contributed by atoms with Gasteiger partial charge in [-0.2, -0.15) is 5.10 Å². The molecular formula is C12H20ClN3. The van der Waals surface area contributed by atoms with E-state index in [9.17, 15) is 0 Å². The highest BCUT2D eigenvalue weighted by Gasteiger charge is 2.24. The van der Waals surface area contributed by atoms with Crippen molar-refractivity contribution in [3.8, 4) is 0 Å². The van der Waals surface area contributed by atoms with Gasteiger partial charge in [0.2, 0.25) is 0 Å². The Labute approximate surface area is 102 Å². The van der Waals surface area contributed by atoms with E-state index in [-0.39, 0.29) is 0 Å². The van der Waals surface area contributed by atoms with Crippen molar-refractivity contribution in [3.63, 3.8) is 0 Å². The first-order valence-electron chi connectivity index (χ1n) is 6.01. The number of aromatic nitrogens is 2. The van der Waals surface area contributed by atoms with Crippen LogP contribution in [0, 0.1) is 12.8 Å². The highest BCUT2D eigenvalue weighted by atomic mass is 35.5. The zero-order chi connectivity index (χ0) is 11.5. The molecule has 0 aromatic carbocycles. The highest BCUT2D eigenvalue weighted by Crippen LogP contribution is 2.29. The van der Waals surface area contributed by atoms with Crippen LogP contribution in [0.2, 0.25) is 0 Å². The van der Waals surface area contributed by atoms with E-state index in [4.69, 9.17) is 11.6 Å². The molecule has 16 heavy (non-hydrogen) atoms. The summed E-state index contributed by atoms with van der Waals surface area (Å²) in [6.45, 7) is 3.94. The van der Waals surface area contributed by atoms with Gasteiger partial charge in [0.15, 0.2) is 0 Å². The van der Waals surface area contributed by atoms with Crippen LogP contribution in [0.15, 0.2) is 6.07 Å². The first kappa shape index (κ1) is 11.9. The van der Waals surface area contributed by atoms with E-state index in [0.29, 0.717) is 11.3 Å². The lowest BCUT2D eigenvalue weighted by molar-refractivity contribution is 0.486. The van der Waals surface area contributed by atoms with Gasteiger partial charge in [-0.25, -0.2) is 0 Å². The smallest absolute Gasteiger partial charge is 0.0597 e. The molecule has 1 aromatic rings. The predicted molar refractivity (Wildman–Crippen MR) is 66.6 cm³/mol. The molecule has 1 aliphatic carbocycles. The summed E-state index contributed by atoms with van der Waals surface area (Å²) < 4.78 is 1.94. The molecule has 1 saturated carbocycles. The molecule has 2 unspecified atom stereocenters. The average molecular weight is 242 g/mol. The van der Waals surface area contributed by atoms with Gasteiger partial charge >= 0.3 is 0 Å². The lowest BCUT2D eigenvalue weighted by Gasteiger charge is -2.14. The van der Waals surface area contributed by atoms with E-state index in [1.807, 2.05) is 18.7 Å². The molecular weight excluding hydrogens is 222 g/mol. The monoisotopic (exact) mass is 241 g/mol. The molecule has 1 heterocycles. The molecule has 0 amide bonds. The molecule has 1 N–H and O–H groups in total. The number of nitrogens with zero attached hydrogens (tertiary/aromatic N) is 2. The first-order valence-corrected chi connectivity index (χ1v) is 6.45. The molecule has 2 atom stereocenters. The summed E-state index contributed by atoms with van der Waals surface area (Å²) in [7, 11) is 1.99. The molecule has 4 heteroatoms. The fraction of sp³-hybridized carbons (Fsp3) is 0.750. The van der Waals surface area contributed by atoms with Crippen molar-refractivity contribution in [1.29, 1.82) is 0 Å². The van der Waals surface area contributed by atoms with E-state index in [1.54, 1.807) is 0 Å². The third-order valence-corrected chi connectivity index (χ3v) is 3.95. The minimum absolute atomic E-state index is 0.376. The quantitative estimate of drug-likeness (QED) is 0.820. The van der Waals surface area contributed by atoms with Gasteiger partial charge in [0.05, 0.1) is 11.4 Å². The molecule has 2 rings (SSSR count). The second-order valence-corrected chi connectivity index (χ2v) is 5.30. The van der Waals surface area contributed by atoms with Crippen molar-refractivity contribution >= 4 is 11.6 Å². The van der Waals surface area contributed by atoms with Crippen LogP contribution in [0.4, 0.5) is 0 Å². The Hall–Kier alpha value is -0.540. The maximum Gasteiger partial charge on any atom is 0.0597 e. The van der Waals surface area contributed by atoms with Gasteiger partial charge in [0.25, 0.3) is 0 Å². The minimum atomic E-state index is 0.376. The van der Waals surface area contributed by atoms with Crippen molar-refractivity contribution in [3.05, 3.63) is 17.5 Å². The number of hydrogen-bond acceptors (Lipinski definition) is 2. The number of rotatable bonds is 4. The molecule has 0 saturated heterocycles. The third-order valence-electron chi connectivity index (χ3n) is 3.38. The fourth-order valence-corrected chi connectivity index (χ4v) is 2.81. The zero-order valence-corrected chi connectivity index (χ0v) is 10.8. The van der Waals surface area contributed by atoms with Gasteiger partial charge in [-0.05, 0) is 38.3 Å². The van der Waals surface area contributed by atoms with Gasteiger partial charge in [0.1, 0.15) is 0 Å². The lowest BCUT2D eigenvalue weighted by atomic mass is 10.1. The van der Waals surface area contributed by atoms with Crippen LogP contribution < -0.4 is 5.32 Å². The standard InChI is InChI=1S/C12H20ClN3/c1-9-6-11(16(2)15-9)8-14-7-10-4-3-5-12(10)13/h6,10,12,14H,3-5,7-8H2,1-2H3. The van der Waals surface area contributed by atoms with Crippen molar-refractivity contribution in [2.75, 3.05) is 6.54 Å². The van der Waals surface area contributed by atoms with Gasteiger partial charge < -0.3 is 5.32 Å². The topological polar surface area (TPSA) is 29.9 Å². The van der Waals surface area contributed by atoms with Crippen LogP contribution in [0.3, 0.4) is 0 Å². The Balaban J connectivity index is 1.77. The van der Waals surface area contributed by atoms with E-state index in [2.05, 4.69) is 16.5 Å². The SMILES string of the molecule is Cc1cc(CNCC2CCCC2Cl)n(C)n1. The normalized spacial score (nSPS) is 25.2. The van der Waals surface area contributed by atoms with Crippen molar-refractivity contribution < 1.29 is 0 Å². The second kappa shape index (κ2) is 5.19. The maximum absolute atomic E-state index is 6.24. The summed E-state index contributed by atoms with van der Waals surface area (Å²) >= 11 is 6.24. The Bertz CT molecular complexity index is 348. The number of nitrogens with one attached hydrogen (secondary N) is 1. The molecule has 0 radical (unpaired) electrons. The fourth-order valence-electron chi connectivity index (χ4n) is 2.44. The average Bonchev–Trinajstić information content (AvgIpc) is 2.75. The van der Waals surface area contributed by atoms with E-state index < -0.39 is 0 Å². The number of halogens is 1. The molecule has 1 aromatic heterocycles. The van der Waals surface area contributed by atoms with Crippen molar-refractivity contribution in [2.45, 2.75) is 38.1 Å². The van der Waals surface area contributed by atoms with Crippen LogP contribution in [0.1, 0.15) is 30.7 Å². The zero-order valence-electron chi connectivity index (χ0n) is 10.0. The molecule has 0 spiro atoms. The Morgan fingerprint density at radius 3 is 2.94 bits per heavy atom. The van der Waals surface area contributed by atoms with E-state index in [1.165, 1.54) is 25.0 Å². The largest absolute Gasteiger partial charge is 0.311 e. The van der Waals surface area contributed by atoms with Gasteiger partial charge in [-0.1, -0.05) is 6.42 Å². The van der Waals surface area contributed by atoms with Crippen molar-refractivity contribution in [2.24, 2.45) is 13.0 Å². The lowest BCUT2D eigenvalue weighted by Crippen LogP contribution is -2.26. The number of hydrogen-bond donors (Lipinski definition) is 1.